The zero-order chi connectivity index (χ0) is 24.9. The van der Waals surface area contributed by atoms with Crippen molar-refractivity contribution in [2.24, 2.45) is 5.92 Å². The minimum atomic E-state index is -0.883. The topological polar surface area (TPSA) is 151 Å². The van der Waals surface area contributed by atoms with Crippen LogP contribution in [0.25, 0.3) is 0 Å². The Morgan fingerprint density at radius 1 is 1.40 bits per heavy atom. The van der Waals surface area contributed by atoms with E-state index in [2.05, 4.69) is 26.2 Å². The van der Waals surface area contributed by atoms with Gasteiger partial charge in [0.05, 0.1) is 16.5 Å². The Labute approximate surface area is 209 Å². The summed E-state index contributed by atoms with van der Waals surface area (Å²) in [5.74, 6) is -0.455. The van der Waals surface area contributed by atoms with E-state index in [1.54, 1.807) is 12.1 Å². The molecule has 1 fully saturated rings. The number of anilines is 1. The highest BCUT2D eigenvalue weighted by atomic mass is 35.5. The Hall–Kier alpha value is -3.59. The summed E-state index contributed by atoms with van der Waals surface area (Å²) in [6, 6.07) is 10.9. The van der Waals surface area contributed by atoms with Gasteiger partial charge in [-0.1, -0.05) is 23.7 Å². The quantitative estimate of drug-likeness (QED) is 0.248. The summed E-state index contributed by atoms with van der Waals surface area (Å²) in [6.07, 6.45) is 3.12. The van der Waals surface area contributed by atoms with E-state index < -0.39 is 17.1 Å². The summed E-state index contributed by atoms with van der Waals surface area (Å²) in [6.45, 7) is -0.205. The first-order chi connectivity index (χ1) is 16.8. The Balaban J connectivity index is 1.52. The van der Waals surface area contributed by atoms with Crippen LogP contribution in [0.5, 0.6) is 0 Å². The van der Waals surface area contributed by atoms with Gasteiger partial charge in [0.2, 0.25) is 5.78 Å². The van der Waals surface area contributed by atoms with Crippen molar-refractivity contribution in [1.29, 1.82) is 5.26 Å². The second-order valence-corrected chi connectivity index (χ2v) is 9.65. The number of nitrogens with zero attached hydrogens (tertiary/aromatic N) is 4. The van der Waals surface area contributed by atoms with Crippen LogP contribution < -0.4 is 5.32 Å². The number of aromatic nitrogens is 2. The Morgan fingerprint density at radius 3 is 2.97 bits per heavy atom. The highest BCUT2D eigenvalue weighted by molar-refractivity contribution is 7.14. The van der Waals surface area contributed by atoms with Gasteiger partial charge in [0.1, 0.15) is 29.7 Å². The van der Waals surface area contributed by atoms with Crippen LogP contribution in [0, 0.1) is 27.4 Å². The minimum Gasteiger partial charge on any atom is -0.393 e. The maximum atomic E-state index is 13.4. The van der Waals surface area contributed by atoms with Crippen molar-refractivity contribution in [3.63, 3.8) is 0 Å². The first-order valence-corrected chi connectivity index (χ1v) is 11.9. The average molecular weight is 514 g/mol. The molecule has 35 heavy (non-hydrogen) atoms. The second-order valence-electron chi connectivity index (χ2n) is 8.16. The van der Waals surface area contributed by atoms with Gasteiger partial charge in [-0.3, -0.25) is 4.79 Å². The first-order valence-electron chi connectivity index (χ1n) is 10.7. The maximum absolute atomic E-state index is 13.4. The van der Waals surface area contributed by atoms with E-state index >= 15 is 0 Å². The number of nitriles is 1. The minimum absolute atomic E-state index is 0.205. The van der Waals surface area contributed by atoms with E-state index in [4.69, 9.17) is 11.6 Å². The Kier molecular flexibility index (Phi) is 7.55. The molecule has 0 aliphatic heterocycles. The normalized spacial score (nSPS) is 19.2. The highest BCUT2D eigenvalue weighted by Crippen LogP contribution is 2.31. The number of aliphatic hydroxyl groups is 1. The van der Waals surface area contributed by atoms with Crippen LogP contribution in [0.3, 0.4) is 0 Å². The van der Waals surface area contributed by atoms with E-state index in [1.807, 2.05) is 18.2 Å². The highest BCUT2D eigenvalue weighted by Gasteiger charge is 2.34. The van der Waals surface area contributed by atoms with Gasteiger partial charge in [-0.05, 0) is 48.6 Å². The number of carbonyl (C=O) groups excluding carboxylic acids is 1. The number of carbonyl (C=O) groups is 1. The van der Waals surface area contributed by atoms with Crippen molar-refractivity contribution in [3.05, 3.63) is 84.4 Å². The molecule has 2 aromatic heterocycles. The molecule has 0 radical (unpaired) electrons. The largest absolute Gasteiger partial charge is 0.393 e. The van der Waals surface area contributed by atoms with Crippen molar-refractivity contribution in [3.8, 4) is 6.07 Å². The lowest BCUT2D eigenvalue weighted by Gasteiger charge is -2.15. The van der Waals surface area contributed by atoms with E-state index in [-0.39, 0.29) is 24.0 Å². The van der Waals surface area contributed by atoms with Crippen LogP contribution in [0.2, 0.25) is 5.02 Å². The third kappa shape index (κ3) is 5.92. The average Bonchev–Trinajstić information content (AvgIpc) is 3.40. The number of ketones is 1. The summed E-state index contributed by atoms with van der Waals surface area (Å²) < 4.78 is 0. The second kappa shape index (κ2) is 10.8. The summed E-state index contributed by atoms with van der Waals surface area (Å²) in [4.78, 5) is 37.2. The van der Waals surface area contributed by atoms with Crippen molar-refractivity contribution >= 4 is 34.5 Å². The summed E-state index contributed by atoms with van der Waals surface area (Å²) in [5, 5.41) is 33.2. The van der Waals surface area contributed by atoms with Crippen molar-refractivity contribution < 1.29 is 19.8 Å². The molecule has 4 rings (SSSR count). The van der Waals surface area contributed by atoms with Gasteiger partial charge in [-0.2, -0.15) is 5.26 Å². The molecule has 0 spiro atoms. The lowest BCUT2D eigenvalue weighted by Crippen LogP contribution is -2.20. The lowest BCUT2D eigenvalue weighted by molar-refractivity contribution is -0.759. The van der Waals surface area contributed by atoms with Crippen LogP contribution in [0.1, 0.15) is 44.1 Å². The van der Waals surface area contributed by atoms with Gasteiger partial charge < -0.3 is 15.3 Å². The number of halogens is 1. The predicted molar refractivity (Wildman–Crippen MR) is 128 cm³/mol. The number of aliphatic hydroxyl groups excluding tert-OH is 1. The SMILES string of the molecule is N#Cc1sc(C(=O)c2cncnc2N[C@@H]2C[C@H](CO[N+](=O)[O-])[C@@H](O)C2)cc1Cc1cccc(Cl)c1. The van der Waals surface area contributed by atoms with Gasteiger partial charge >= 0.3 is 0 Å². The summed E-state index contributed by atoms with van der Waals surface area (Å²) in [5.41, 5.74) is 1.88. The van der Waals surface area contributed by atoms with E-state index in [1.165, 1.54) is 12.5 Å². The first kappa shape index (κ1) is 24.5. The van der Waals surface area contributed by atoms with Crippen molar-refractivity contribution in [2.75, 3.05) is 11.9 Å². The fourth-order valence-corrected chi connectivity index (χ4v) is 5.27. The fraction of sp³-hybridized carbons (Fsp3) is 0.304. The summed E-state index contributed by atoms with van der Waals surface area (Å²) >= 11 is 7.17. The van der Waals surface area contributed by atoms with E-state index in [0.717, 1.165) is 22.5 Å². The molecular formula is C23H20ClN5O5S. The molecule has 1 aliphatic carbocycles. The van der Waals surface area contributed by atoms with Crippen LogP contribution >= 0.6 is 22.9 Å². The molecule has 2 N–H and O–H groups in total. The molecule has 1 saturated carbocycles. The van der Waals surface area contributed by atoms with E-state index in [0.29, 0.717) is 39.9 Å². The smallest absolute Gasteiger partial charge is 0.294 e. The molecule has 1 aromatic carbocycles. The standard InChI is InChI=1S/C23H20ClN5O5S/c24-16-3-1-2-13(5-16)4-14-7-20(35-21(14)9-25)22(31)18-10-26-12-27-23(18)28-17-6-15(19(30)8-17)11-34-29(32)33/h1-3,5,7,10,12,15,17,19,30H,4,6,8,11H2,(H,26,27,28)/t15-,17-,19+/m1/s1. The zero-order valence-electron chi connectivity index (χ0n) is 18.3. The van der Waals surface area contributed by atoms with Crippen molar-refractivity contribution in [2.45, 2.75) is 31.4 Å². The Morgan fingerprint density at radius 2 is 2.23 bits per heavy atom. The monoisotopic (exact) mass is 513 g/mol. The Bertz CT molecular complexity index is 1290. The van der Waals surface area contributed by atoms with Crippen LogP contribution in [-0.4, -0.2) is 44.7 Å². The fourth-order valence-electron chi connectivity index (χ4n) is 4.13. The van der Waals surface area contributed by atoms with Gasteiger partial charge in [-0.25, -0.2) is 9.97 Å². The number of benzene rings is 1. The molecule has 0 saturated heterocycles. The predicted octanol–water partition coefficient (Wildman–Crippen LogP) is 3.64. The number of thiophene rings is 1. The van der Waals surface area contributed by atoms with E-state index in [9.17, 15) is 25.3 Å². The lowest BCUT2D eigenvalue weighted by atomic mass is 10.0. The molecule has 0 bridgehead atoms. The van der Waals surface area contributed by atoms with Crippen LogP contribution in [0.4, 0.5) is 5.82 Å². The third-order valence-corrected chi connectivity index (χ3v) is 7.08. The van der Waals surface area contributed by atoms with Gasteiger partial charge in [0.25, 0.3) is 5.09 Å². The molecule has 0 unspecified atom stereocenters. The number of hydrogen-bond acceptors (Lipinski definition) is 10. The molecule has 1 aliphatic rings. The number of rotatable bonds is 9. The molecule has 0 amide bonds. The van der Waals surface area contributed by atoms with Gasteiger partial charge in [0.15, 0.2) is 0 Å². The summed E-state index contributed by atoms with van der Waals surface area (Å²) in [7, 11) is 0. The van der Waals surface area contributed by atoms with Crippen molar-refractivity contribution in [1.82, 2.24) is 9.97 Å². The number of hydrogen-bond donors (Lipinski definition) is 2. The van der Waals surface area contributed by atoms with Crippen LogP contribution in [0.15, 0.2) is 42.9 Å². The van der Waals surface area contributed by atoms with Crippen LogP contribution in [-0.2, 0) is 11.3 Å². The molecule has 180 valence electrons. The van der Waals surface area contributed by atoms with Gasteiger partial charge in [-0.15, -0.1) is 21.5 Å². The maximum Gasteiger partial charge on any atom is 0.294 e. The molecule has 12 heteroatoms. The molecule has 3 aromatic rings. The zero-order valence-corrected chi connectivity index (χ0v) is 19.8. The molecule has 10 nitrogen and oxygen atoms in total. The molecule has 3 atom stereocenters. The third-order valence-electron chi connectivity index (χ3n) is 5.77. The van der Waals surface area contributed by atoms with Gasteiger partial charge in [0, 0.05) is 23.2 Å². The number of nitrogens with one attached hydrogen (secondary N) is 1. The molecular weight excluding hydrogens is 494 g/mol. The molecule has 2 heterocycles.